The van der Waals surface area contributed by atoms with Gasteiger partial charge in [0.2, 0.25) is 0 Å². The molecular formula is C29H33NO. The molecule has 31 heavy (non-hydrogen) atoms. The van der Waals surface area contributed by atoms with Gasteiger partial charge in [-0.15, -0.1) is 0 Å². The molecule has 0 amide bonds. The van der Waals surface area contributed by atoms with Gasteiger partial charge in [0.1, 0.15) is 11.3 Å². The van der Waals surface area contributed by atoms with Gasteiger partial charge in [-0.2, -0.15) is 0 Å². The molecule has 0 N–H and O–H groups in total. The first-order valence-corrected chi connectivity index (χ1v) is 11.7. The lowest BCUT2D eigenvalue weighted by molar-refractivity contribution is 0.224. The van der Waals surface area contributed by atoms with Gasteiger partial charge in [-0.05, 0) is 90.6 Å². The highest BCUT2D eigenvalue weighted by molar-refractivity contribution is 6.02. The summed E-state index contributed by atoms with van der Waals surface area (Å²) in [4.78, 5) is 4.84. The zero-order valence-electron chi connectivity index (χ0n) is 19.5. The monoisotopic (exact) mass is 411 g/mol. The van der Waals surface area contributed by atoms with Crippen molar-refractivity contribution in [3.63, 3.8) is 0 Å². The minimum atomic E-state index is 0.454. The molecule has 1 fully saturated rings. The third kappa shape index (κ3) is 3.78. The lowest BCUT2D eigenvalue weighted by Crippen LogP contribution is -2.20. The fraction of sp³-hybridized carbons (Fsp3) is 0.414. The minimum absolute atomic E-state index is 0.454. The Kier molecular flexibility index (Phi) is 4.92. The summed E-state index contributed by atoms with van der Waals surface area (Å²) < 4.78 is 6.14. The molecule has 0 radical (unpaired) electrons. The molecule has 0 bridgehead atoms. The quantitative estimate of drug-likeness (QED) is 0.337. The van der Waals surface area contributed by atoms with Crippen molar-refractivity contribution in [2.24, 2.45) is 5.41 Å². The predicted octanol–water partition coefficient (Wildman–Crippen LogP) is 8.76. The van der Waals surface area contributed by atoms with Gasteiger partial charge in [0.05, 0.1) is 5.69 Å². The highest BCUT2D eigenvalue weighted by Gasteiger charge is 2.27. The van der Waals surface area contributed by atoms with Crippen LogP contribution in [0.15, 0.2) is 53.1 Å². The molecule has 1 saturated carbocycles. The molecular weight excluding hydrogens is 378 g/mol. The number of pyridine rings is 1. The van der Waals surface area contributed by atoms with Gasteiger partial charge in [-0.3, -0.25) is 4.98 Å². The summed E-state index contributed by atoms with van der Waals surface area (Å²) in [6, 6.07) is 15.9. The van der Waals surface area contributed by atoms with Crippen LogP contribution in [0, 0.1) is 12.3 Å². The second-order valence-corrected chi connectivity index (χ2v) is 10.6. The van der Waals surface area contributed by atoms with Crippen LogP contribution in [0.3, 0.4) is 0 Å². The molecule has 2 aromatic carbocycles. The number of hydrogen-bond acceptors (Lipinski definition) is 2. The first kappa shape index (κ1) is 20.3. The van der Waals surface area contributed by atoms with Gasteiger partial charge in [0.15, 0.2) is 0 Å². The van der Waals surface area contributed by atoms with Crippen molar-refractivity contribution in [1.82, 2.24) is 4.98 Å². The summed E-state index contributed by atoms with van der Waals surface area (Å²) in [7, 11) is 0. The van der Waals surface area contributed by atoms with Gasteiger partial charge in [-0.1, -0.05) is 45.9 Å². The fourth-order valence-electron chi connectivity index (χ4n) is 5.21. The first-order chi connectivity index (χ1) is 14.8. The number of aryl methyl sites for hydroxylation is 1. The van der Waals surface area contributed by atoms with Crippen molar-refractivity contribution < 1.29 is 4.42 Å². The molecule has 1 aliphatic rings. The predicted molar refractivity (Wildman–Crippen MR) is 131 cm³/mol. The van der Waals surface area contributed by atoms with E-state index in [2.05, 4.69) is 70.2 Å². The molecule has 4 aromatic rings. The van der Waals surface area contributed by atoms with E-state index in [1.165, 1.54) is 53.0 Å². The van der Waals surface area contributed by atoms with Gasteiger partial charge in [0.25, 0.3) is 0 Å². The molecule has 0 aliphatic heterocycles. The number of nitrogens with zero attached hydrogens (tertiary/aromatic N) is 1. The van der Waals surface area contributed by atoms with Crippen LogP contribution in [0.4, 0.5) is 0 Å². The third-order valence-corrected chi connectivity index (χ3v) is 7.28. The molecule has 2 nitrogen and oxygen atoms in total. The summed E-state index contributed by atoms with van der Waals surface area (Å²) in [5.41, 5.74) is 6.38. The number of rotatable bonds is 3. The zero-order chi connectivity index (χ0) is 21.8. The molecule has 0 unspecified atom stereocenters. The van der Waals surface area contributed by atoms with Gasteiger partial charge in [-0.25, -0.2) is 0 Å². The Labute approximate surface area is 185 Å². The van der Waals surface area contributed by atoms with Crippen LogP contribution in [-0.2, 0) is 0 Å². The number of aromatic nitrogens is 1. The summed E-state index contributed by atoms with van der Waals surface area (Å²) in [6.07, 6.45) is 7.16. The van der Waals surface area contributed by atoms with Crippen LogP contribution < -0.4 is 0 Å². The van der Waals surface area contributed by atoms with Crippen molar-refractivity contribution in [1.29, 1.82) is 0 Å². The normalized spacial score (nSPS) is 17.1. The Morgan fingerprint density at radius 3 is 2.48 bits per heavy atom. The topological polar surface area (TPSA) is 26.0 Å². The van der Waals surface area contributed by atoms with E-state index in [0.717, 1.165) is 22.6 Å². The maximum Gasteiger partial charge on any atom is 0.143 e. The molecule has 1 aliphatic carbocycles. The zero-order valence-corrected chi connectivity index (χ0v) is 19.5. The Bertz CT molecular complexity index is 1250. The van der Waals surface area contributed by atoms with E-state index in [1.54, 1.807) is 0 Å². The van der Waals surface area contributed by atoms with E-state index in [9.17, 15) is 0 Å². The van der Waals surface area contributed by atoms with E-state index in [1.807, 2.05) is 13.1 Å². The Morgan fingerprint density at radius 2 is 1.74 bits per heavy atom. The summed E-state index contributed by atoms with van der Waals surface area (Å²) in [5, 5.41) is 3.65. The third-order valence-electron chi connectivity index (χ3n) is 7.28. The number of benzene rings is 2. The highest BCUT2D eigenvalue weighted by atomic mass is 16.3. The van der Waals surface area contributed by atoms with Gasteiger partial charge < -0.3 is 4.42 Å². The van der Waals surface area contributed by atoms with E-state index >= 15 is 0 Å². The van der Waals surface area contributed by atoms with Crippen molar-refractivity contribution in [2.45, 2.75) is 72.1 Å². The van der Waals surface area contributed by atoms with Crippen LogP contribution in [0.1, 0.15) is 82.1 Å². The SMILES string of the molecule is Cc1cc2cc(C(C)C)cc(-c3nccc4cc(C5CCC(C)(C)CC5)ccc34)c2o1. The molecule has 2 aromatic heterocycles. The second-order valence-electron chi connectivity index (χ2n) is 10.6. The molecule has 0 atom stereocenters. The Balaban J connectivity index is 1.62. The second kappa shape index (κ2) is 7.51. The largest absolute Gasteiger partial charge is 0.461 e. The minimum Gasteiger partial charge on any atom is -0.461 e. The van der Waals surface area contributed by atoms with Gasteiger partial charge in [0, 0.05) is 22.5 Å². The van der Waals surface area contributed by atoms with E-state index in [-0.39, 0.29) is 0 Å². The van der Waals surface area contributed by atoms with Crippen LogP contribution in [-0.4, -0.2) is 4.98 Å². The standard InChI is InChI=1S/C29H33NO/c1-18(2)23-16-24-14-19(3)31-28(24)26(17-23)27-25-7-6-21(15-22(25)10-13-30-27)20-8-11-29(4,5)12-9-20/h6-7,10,13-18,20H,8-9,11-12H2,1-5H3. The van der Waals surface area contributed by atoms with Crippen LogP contribution in [0.2, 0.25) is 0 Å². The van der Waals surface area contributed by atoms with E-state index in [0.29, 0.717) is 17.3 Å². The molecule has 5 rings (SSSR count). The Hall–Kier alpha value is -2.61. The summed E-state index contributed by atoms with van der Waals surface area (Å²) >= 11 is 0. The number of furan rings is 1. The lowest BCUT2D eigenvalue weighted by Gasteiger charge is -2.34. The van der Waals surface area contributed by atoms with Crippen molar-refractivity contribution >= 4 is 21.7 Å². The molecule has 0 saturated heterocycles. The highest BCUT2D eigenvalue weighted by Crippen LogP contribution is 2.43. The molecule has 2 heteroatoms. The van der Waals surface area contributed by atoms with Crippen LogP contribution in [0.5, 0.6) is 0 Å². The maximum absolute atomic E-state index is 6.14. The van der Waals surface area contributed by atoms with Crippen molar-refractivity contribution in [3.05, 3.63) is 65.5 Å². The van der Waals surface area contributed by atoms with Crippen molar-refractivity contribution in [2.75, 3.05) is 0 Å². The summed E-state index contributed by atoms with van der Waals surface area (Å²) in [5.74, 6) is 2.08. The smallest absolute Gasteiger partial charge is 0.143 e. The van der Waals surface area contributed by atoms with Crippen LogP contribution >= 0.6 is 0 Å². The fourth-order valence-corrected chi connectivity index (χ4v) is 5.21. The number of hydrogen-bond donors (Lipinski definition) is 0. The lowest BCUT2D eigenvalue weighted by atomic mass is 9.71. The maximum atomic E-state index is 6.14. The molecule has 160 valence electrons. The van der Waals surface area contributed by atoms with Crippen LogP contribution in [0.25, 0.3) is 33.0 Å². The number of fused-ring (bicyclic) bond motifs is 2. The van der Waals surface area contributed by atoms with E-state index < -0.39 is 0 Å². The summed E-state index contributed by atoms with van der Waals surface area (Å²) in [6.45, 7) is 11.3. The van der Waals surface area contributed by atoms with Gasteiger partial charge >= 0.3 is 0 Å². The molecule has 0 spiro atoms. The Morgan fingerprint density at radius 1 is 0.968 bits per heavy atom. The molecule has 2 heterocycles. The first-order valence-electron chi connectivity index (χ1n) is 11.7. The van der Waals surface area contributed by atoms with Crippen molar-refractivity contribution in [3.8, 4) is 11.3 Å². The van der Waals surface area contributed by atoms with E-state index in [4.69, 9.17) is 9.40 Å². The average molecular weight is 412 g/mol. The average Bonchev–Trinajstić information content (AvgIpc) is 3.12.